The van der Waals surface area contributed by atoms with Crippen LogP contribution < -0.4 is 0 Å². The second-order valence-corrected chi connectivity index (χ2v) is 20.0. The van der Waals surface area contributed by atoms with Crippen molar-refractivity contribution in [2.24, 2.45) is 35.5 Å². The molecule has 1 aliphatic carbocycles. The molecule has 3 fully saturated rings. The molecule has 5 N–H and O–H groups in total. The lowest BCUT2D eigenvalue weighted by molar-refractivity contribution is -0.265. The molecule has 0 aromatic rings. The fourth-order valence-electron chi connectivity index (χ4n) is 10.4. The SMILES string of the molecule is CO[C@H]1C[C@@H]2CC[C@@H](C)[C@@](O)(O2)C(=O)C(=O)N2CCCC[C@H]2C(=O)O[C@H]([C@H](C)C[C@H]2CC[C@@H](O)[C@H](OC)C2)CC(O)[C@H](C)/C=C(\C)[C@@H](O)[C@@H](OC)C(O)[C@H](C)C[C@H](C)/C=C/C=C/C=C/1C. The van der Waals surface area contributed by atoms with E-state index < -0.39 is 90.2 Å². The number of piperidine rings is 1. The Labute approximate surface area is 388 Å². The number of amides is 1. The van der Waals surface area contributed by atoms with E-state index in [-0.39, 0.29) is 49.2 Å². The Morgan fingerprint density at radius 1 is 0.815 bits per heavy atom. The Hall–Kier alpha value is -2.79. The number of hydrogen-bond donors (Lipinski definition) is 5. The highest BCUT2D eigenvalue weighted by Crippen LogP contribution is 2.38. The zero-order valence-electron chi connectivity index (χ0n) is 40.8. The third-order valence-electron chi connectivity index (χ3n) is 14.9. The molecule has 2 saturated heterocycles. The molecule has 65 heavy (non-hydrogen) atoms. The fraction of sp³-hybridized carbons (Fsp3) is 0.784. The zero-order chi connectivity index (χ0) is 48.2. The first-order valence-electron chi connectivity index (χ1n) is 24.2. The van der Waals surface area contributed by atoms with Gasteiger partial charge in [0.05, 0.1) is 36.6 Å². The lowest BCUT2D eigenvalue weighted by Crippen LogP contribution is -2.61. The van der Waals surface area contributed by atoms with E-state index in [0.29, 0.717) is 63.4 Å². The van der Waals surface area contributed by atoms with Crippen LogP contribution in [0.15, 0.2) is 47.6 Å². The lowest BCUT2D eigenvalue weighted by Gasteiger charge is -2.43. The highest BCUT2D eigenvalue weighted by Gasteiger charge is 2.53. The second-order valence-electron chi connectivity index (χ2n) is 20.0. The van der Waals surface area contributed by atoms with Crippen molar-refractivity contribution in [3.63, 3.8) is 0 Å². The van der Waals surface area contributed by atoms with Crippen LogP contribution in [0.25, 0.3) is 0 Å². The third kappa shape index (κ3) is 14.6. The minimum atomic E-state index is -2.41. The molecule has 0 aromatic heterocycles. The van der Waals surface area contributed by atoms with Crippen LogP contribution in [-0.2, 0) is 38.1 Å². The molecular weight excluding hydrogens is 835 g/mol. The van der Waals surface area contributed by atoms with Crippen LogP contribution in [0.3, 0.4) is 0 Å². The average Bonchev–Trinajstić information content (AvgIpc) is 3.28. The van der Waals surface area contributed by atoms with Gasteiger partial charge in [-0.05, 0) is 113 Å². The van der Waals surface area contributed by atoms with Crippen LogP contribution in [0.5, 0.6) is 0 Å². The maximum absolute atomic E-state index is 14.4. The number of rotatable bonds is 6. The van der Waals surface area contributed by atoms with Gasteiger partial charge in [-0.25, -0.2) is 4.79 Å². The monoisotopic (exact) mass is 918 g/mol. The number of aliphatic hydroxyl groups is 5. The first kappa shape index (κ1) is 54.8. The highest BCUT2D eigenvalue weighted by atomic mass is 16.6. The van der Waals surface area contributed by atoms with E-state index in [1.165, 1.54) is 12.0 Å². The van der Waals surface area contributed by atoms with E-state index >= 15 is 0 Å². The summed E-state index contributed by atoms with van der Waals surface area (Å²) in [5, 5.41) is 57.2. The molecule has 0 spiro atoms. The maximum atomic E-state index is 14.4. The number of cyclic esters (lactones) is 1. The number of allylic oxidation sites excluding steroid dienone is 5. The van der Waals surface area contributed by atoms with Crippen LogP contribution >= 0.6 is 0 Å². The number of ketones is 1. The van der Waals surface area contributed by atoms with Gasteiger partial charge in [-0.3, -0.25) is 9.59 Å². The Morgan fingerprint density at radius 2 is 1.54 bits per heavy atom. The number of Topliss-reactive ketones (excluding diaryl/α,β-unsaturated/α-hetero) is 1. The van der Waals surface area contributed by atoms with E-state index in [2.05, 4.69) is 6.92 Å². The summed E-state index contributed by atoms with van der Waals surface area (Å²) in [5.74, 6) is -6.69. The van der Waals surface area contributed by atoms with Gasteiger partial charge in [-0.2, -0.15) is 0 Å². The van der Waals surface area contributed by atoms with Gasteiger partial charge in [0, 0.05) is 52.6 Å². The molecular formula is C51H83NO13. The van der Waals surface area contributed by atoms with Crippen molar-refractivity contribution >= 4 is 17.7 Å². The third-order valence-corrected chi connectivity index (χ3v) is 14.9. The normalized spacial score (nSPS) is 42.7. The van der Waals surface area contributed by atoms with Gasteiger partial charge in [-0.15, -0.1) is 0 Å². The van der Waals surface area contributed by atoms with Crippen molar-refractivity contribution in [1.82, 2.24) is 4.90 Å². The van der Waals surface area contributed by atoms with Gasteiger partial charge in [-0.1, -0.05) is 71.1 Å². The molecule has 0 radical (unpaired) electrons. The van der Waals surface area contributed by atoms with E-state index in [1.807, 2.05) is 58.1 Å². The second kappa shape index (κ2) is 25.5. The van der Waals surface area contributed by atoms with E-state index in [9.17, 15) is 39.9 Å². The summed E-state index contributed by atoms with van der Waals surface area (Å²) >= 11 is 0. The predicted molar refractivity (Wildman–Crippen MR) is 247 cm³/mol. The molecule has 3 heterocycles. The zero-order valence-corrected chi connectivity index (χ0v) is 40.8. The predicted octanol–water partition coefficient (Wildman–Crippen LogP) is 5.76. The Morgan fingerprint density at radius 3 is 2.22 bits per heavy atom. The summed E-state index contributed by atoms with van der Waals surface area (Å²) in [6.07, 6.45) is 10.6. The summed E-state index contributed by atoms with van der Waals surface area (Å²) in [5.41, 5.74) is 1.41. The summed E-state index contributed by atoms with van der Waals surface area (Å²) in [6, 6.07) is -1.10. The smallest absolute Gasteiger partial charge is 0.329 e. The summed E-state index contributed by atoms with van der Waals surface area (Å²) < 4.78 is 29.6. The maximum Gasteiger partial charge on any atom is 0.329 e. The number of carbonyl (C=O) groups excluding carboxylic acids is 3. The Bertz CT molecular complexity index is 1660. The molecule has 14 heteroatoms. The van der Waals surface area contributed by atoms with Crippen LogP contribution in [0.4, 0.5) is 0 Å². The van der Waals surface area contributed by atoms with Crippen molar-refractivity contribution in [1.29, 1.82) is 0 Å². The number of esters is 1. The largest absolute Gasteiger partial charge is 0.460 e. The van der Waals surface area contributed by atoms with E-state index in [0.717, 1.165) is 12.0 Å². The quantitative estimate of drug-likeness (QED) is 0.122. The van der Waals surface area contributed by atoms with Crippen LogP contribution in [0, 0.1) is 35.5 Å². The molecule has 1 amide bonds. The van der Waals surface area contributed by atoms with Crippen molar-refractivity contribution < 1.29 is 63.6 Å². The number of aliphatic hydroxyl groups excluding tert-OH is 4. The topological polar surface area (TPSA) is 202 Å². The first-order chi connectivity index (χ1) is 30.7. The molecule has 17 atom stereocenters. The van der Waals surface area contributed by atoms with Crippen molar-refractivity contribution in [2.45, 2.75) is 192 Å². The molecule has 4 rings (SSSR count). The Kier molecular flexibility index (Phi) is 21.5. The molecule has 1 saturated carbocycles. The number of ether oxygens (including phenoxy) is 5. The number of hydrogen-bond acceptors (Lipinski definition) is 13. The summed E-state index contributed by atoms with van der Waals surface area (Å²) in [6.45, 7) is 13.2. The molecule has 4 aliphatic rings. The molecule has 2 unspecified atom stereocenters. The van der Waals surface area contributed by atoms with Gasteiger partial charge in [0.15, 0.2) is 0 Å². The van der Waals surface area contributed by atoms with Crippen molar-refractivity contribution in [3.8, 4) is 0 Å². The minimum absolute atomic E-state index is 0.0359. The van der Waals surface area contributed by atoms with Gasteiger partial charge in [0.2, 0.25) is 5.79 Å². The van der Waals surface area contributed by atoms with Crippen LogP contribution in [-0.4, -0.2) is 143 Å². The lowest BCUT2D eigenvalue weighted by atomic mass is 9.78. The molecule has 2 bridgehead atoms. The molecule has 370 valence electrons. The highest BCUT2D eigenvalue weighted by molar-refractivity contribution is 6.39. The average molecular weight is 918 g/mol. The molecule has 14 nitrogen and oxygen atoms in total. The van der Waals surface area contributed by atoms with Crippen molar-refractivity contribution in [2.75, 3.05) is 27.9 Å². The fourth-order valence-corrected chi connectivity index (χ4v) is 10.4. The van der Waals surface area contributed by atoms with Crippen LogP contribution in [0.1, 0.15) is 126 Å². The van der Waals surface area contributed by atoms with E-state index in [1.54, 1.807) is 34.1 Å². The molecule has 0 aromatic carbocycles. The first-order valence-corrected chi connectivity index (χ1v) is 24.2. The van der Waals surface area contributed by atoms with E-state index in [4.69, 9.17) is 23.7 Å². The van der Waals surface area contributed by atoms with Gasteiger partial charge >= 0.3 is 5.97 Å². The number of nitrogens with zero attached hydrogens (tertiary/aromatic N) is 1. The molecule has 3 aliphatic heterocycles. The van der Waals surface area contributed by atoms with Gasteiger partial charge < -0.3 is 54.1 Å². The number of fused-ring (bicyclic) bond motifs is 3. The number of carbonyl (C=O) groups is 3. The number of methoxy groups -OCH3 is 3. The van der Waals surface area contributed by atoms with Crippen molar-refractivity contribution in [3.05, 3.63) is 47.6 Å². The van der Waals surface area contributed by atoms with Crippen LogP contribution in [0.2, 0.25) is 0 Å². The van der Waals surface area contributed by atoms with Gasteiger partial charge in [0.25, 0.3) is 11.7 Å². The Balaban J connectivity index is 1.70. The van der Waals surface area contributed by atoms with Gasteiger partial charge in [0.1, 0.15) is 24.4 Å². The minimum Gasteiger partial charge on any atom is -0.460 e. The standard InChI is InChI=1S/C51H83NO13/c1-30-16-12-11-13-17-31(2)42(61-8)28-38-21-19-36(7)51(60,65-38)48(57)49(58)52-23-15-14-18-39(52)50(59)64-43(33(4)26-37-20-22-40(53)44(27-37)62-9)29-41(54)32(3)25-35(6)46(56)47(63-10)45(55)34(5)24-30/h11-13,16-17,25,30,32-34,36-47,53-56,60H,14-15,18-24,26-29H2,1-10H3/b13-11+,16-12+,31-17+,35-25+/t30-,32-,33-,34-,36-,37-,38+,39+,40-,41?,42+,43+,44-,45?,46-,47+,51-/m1/s1. The summed E-state index contributed by atoms with van der Waals surface area (Å²) in [4.78, 5) is 44.1. The summed E-state index contributed by atoms with van der Waals surface area (Å²) in [7, 11) is 4.63.